The van der Waals surface area contributed by atoms with E-state index in [1.54, 1.807) is 0 Å². The first kappa shape index (κ1) is 10.0. The second-order valence-corrected chi connectivity index (χ2v) is 3.59. The molecule has 2 N–H and O–H groups in total. The van der Waals surface area contributed by atoms with Gasteiger partial charge >= 0.3 is 0 Å². The summed E-state index contributed by atoms with van der Waals surface area (Å²) in [6.45, 7) is 6.84. The zero-order chi connectivity index (χ0) is 9.84. The second-order valence-electron chi connectivity index (χ2n) is 3.59. The number of guanidine groups is 1. The minimum Gasteiger partial charge on any atom is -0.344 e. The molecular formula is C9H17N3O. The van der Waals surface area contributed by atoms with Crippen molar-refractivity contribution in [1.29, 1.82) is 0 Å². The maximum atomic E-state index is 11.3. The smallest absolute Gasteiger partial charge is 0.249 e. The van der Waals surface area contributed by atoms with E-state index in [0.29, 0.717) is 11.9 Å². The Balaban J connectivity index is 2.54. The van der Waals surface area contributed by atoms with Gasteiger partial charge in [-0.25, -0.2) is 0 Å². The first-order chi connectivity index (χ1) is 6.15. The molecule has 1 atom stereocenters. The third-order valence-corrected chi connectivity index (χ3v) is 1.98. The van der Waals surface area contributed by atoms with E-state index in [4.69, 9.17) is 0 Å². The summed E-state index contributed by atoms with van der Waals surface area (Å²) in [6, 6.07) is -0.115. The topological polar surface area (TPSA) is 53.5 Å². The van der Waals surface area contributed by atoms with Crippen LogP contribution in [0.4, 0.5) is 0 Å². The van der Waals surface area contributed by atoms with Gasteiger partial charge in [0.2, 0.25) is 5.91 Å². The van der Waals surface area contributed by atoms with Crippen molar-refractivity contribution in [2.75, 3.05) is 6.54 Å². The summed E-state index contributed by atoms with van der Waals surface area (Å²) in [4.78, 5) is 15.5. The van der Waals surface area contributed by atoms with Gasteiger partial charge in [0.1, 0.15) is 6.04 Å². The third-order valence-electron chi connectivity index (χ3n) is 1.98. The van der Waals surface area contributed by atoms with Crippen LogP contribution >= 0.6 is 0 Å². The molecule has 1 amide bonds. The molecule has 0 aliphatic carbocycles. The van der Waals surface area contributed by atoms with Crippen molar-refractivity contribution < 1.29 is 4.79 Å². The molecule has 1 rings (SSSR count). The van der Waals surface area contributed by atoms with E-state index < -0.39 is 0 Å². The third kappa shape index (κ3) is 2.44. The Kier molecular flexibility index (Phi) is 3.28. The molecule has 0 aromatic carbocycles. The summed E-state index contributed by atoms with van der Waals surface area (Å²) in [7, 11) is 0. The van der Waals surface area contributed by atoms with Gasteiger partial charge in [-0.1, -0.05) is 20.8 Å². The summed E-state index contributed by atoms with van der Waals surface area (Å²) in [6.07, 6.45) is 0.993. The standard InChI is InChI=1S/C9H17N3O/c1-4-5-10-9-11-7(6(2)3)8(13)12-9/h6-7H,4-5H2,1-3H3,(H2,10,11,12,13). The Morgan fingerprint density at radius 1 is 1.54 bits per heavy atom. The first-order valence-corrected chi connectivity index (χ1v) is 4.77. The van der Waals surface area contributed by atoms with E-state index in [0.717, 1.165) is 13.0 Å². The molecule has 0 saturated carbocycles. The van der Waals surface area contributed by atoms with E-state index in [9.17, 15) is 4.79 Å². The number of hydrogen-bond donors (Lipinski definition) is 2. The zero-order valence-electron chi connectivity index (χ0n) is 8.42. The van der Waals surface area contributed by atoms with Gasteiger partial charge in [0.05, 0.1) is 0 Å². The van der Waals surface area contributed by atoms with Crippen molar-refractivity contribution >= 4 is 11.9 Å². The number of amides is 1. The lowest BCUT2D eigenvalue weighted by molar-refractivity contribution is -0.120. The largest absolute Gasteiger partial charge is 0.344 e. The first-order valence-electron chi connectivity index (χ1n) is 4.77. The van der Waals surface area contributed by atoms with Crippen LogP contribution in [-0.2, 0) is 4.79 Å². The maximum Gasteiger partial charge on any atom is 0.249 e. The predicted molar refractivity (Wildman–Crippen MR) is 52.5 cm³/mol. The van der Waals surface area contributed by atoms with Crippen molar-refractivity contribution in [3.63, 3.8) is 0 Å². The molecule has 1 aliphatic rings. The van der Waals surface area contributed by atoms with Gasteiger partial charge in [-0.2, -0.15) is 0 Å². The molecule has 1 aliphatic heterocycles. The van der Waals surface area contributed by atoms with Crippen LogP contribution in [0.15, 0.2) is 4.99 Å². The fraction of sp³-hybridized carbons (Fsp3) is 0.778. The van der Waals surface area contributed by atoms with Gasteiger partial charge < -0.3 is 5.32 Å². The lowest BCUT2D eigenvalue weighted by Gasteiger charge is -2.10. The van der Waals surface area contributed by atoms with E-state index in [2.05, 4.69) is 22.5 Å². The molecule has 0 aromatic rings. The van der Waals surface area contributed by atoms with Gasteiger partial charge in [-0.15, -0.1) is 0 Å². The zero-order valence-corrected chi connectivity index (χ0v) is 8.42. The van der Waals surface area contributed by atoms with Crippen LogP contribution < -0.4 is 10.6 Å². The highest BCUT2D eigenvalue weighted by Gasteiger charge is 2.30. The fourth-order valence-electron chi connectivity index (χ4n) is 1.22. The van der Waals surface area contributed by atoms with Gasteiger partial charge in [0.15, 0.2) is 5.96 Å². The molecule has 0 aromatic heterocycles. The Labute approximate surface area is 78.8 Å². The van der Waals surface area contributed by atoms with Crippen LogP contribution in [0, 0.1) is 5.92 Å². The molecular weight excluding hydrogens is 166 g/mol. The van der Waals surface area contributed by atoms with Gasteiger partial charge in [-0.05, 0) is 12.3 Å². The van der Waals surface area contributed by atoms with Crippen molar-refractivity contribution in [2.24, 2.45) is 10.9 Å². The quantitative estimate of drug-likeness (QED) is 0.669. The van der Waals surface area contributed by atoms with Crippen LogP contribution in [0.1, 0.15) is 27.2 Å². The monoisotopic (exact) mass is 183 g/mol. The maximum absolute atomic E-state index is 11.3. The van der Waals surface area contributed by atoms with E-state index in [1.807, 2.05) is 13.8 Å². The molecule has 1 saturated heterocycles. The minimum atomic E-state index is -0.115. The van der Waals surface area contributed by atoms with Crippen molar-refractivity contribution in [3.8, 4) is 0 Å². The normalized spacial score (nSPS) is 25.1. The molecule has 1 unspecified atom stereocenters. The van der Waals surface area contributed by atoms with Crippen LogP contribution in [-0.4, -0.2) is 24.5 Å². The lowest BCUT2D eigenvalue weighted by Crippen LogP contribution is -2.34. The lowest BCUT2D eigenvalue weighted by atomic mass is 10.1. The molecule has 0 radical (unpaired) electrons. The fourth-order valence-corrected chi connectivity index (χ4v) is 1.22. The molecule has 74 valence electrons. The molecule has 1 fully saturated rings. The number of hydrogen-bond acceptors (Lipinski definition) is 2. The van der Waals surface area contributed by atoms with Crippen LogP contribution in [0.2, 0.25) is 0 Å². The molecule has 13 heavy (non-hydrogen) atoms. The van der Waals surface area contributed by atoms with Crippen molar-refractivity contribution in [3.05, 3.63) is 0 Å². The number of nitrogens with zero attached hydrogens (tertiary/aromatic N) is 1. The molecule has 0 bridgehead atoms. The predicted octanol–water partition coefficient (Wildman–Crippen LogP) is 0.496. The Morgan fingerprint density at radius 2 is 2.23 bits per heavy atom. The number of nitrogens with one attached hydrogen (secondary N) is 2. The average Bonchev–Trinajstić information content (AvgIpc) is 2.43. The number of aliphatic imine (C=N–C) groups is 1. The molecule has 4 nitrogen and oxygen atoms in total. The van der Waals surface area contributed by atoms with Crippen LogP contribution in [0.25, 0.3) is 0 Å². The average molecular weight is 183 g/mol. The molecule has 1 heterocycles. The Morgan fingerprint density at radius 3 is 2.69 bits per heavy atom. The van der Waals surface area contributed by atoms with Crippen molar-refractivity contribution in [2.45, 2.75) is 33.2 Å². The molecule has 4 heteroatoms. The number of carbonyl (C=O) groups excluding carboxylic acids is 1. The Hall–Kier alpha value is -1.06. The summed E-state index contributed by atoms with van der Waals surface area (Å²) >= 11 is 0. The van der Waals surface area contributed by atoms with Gasteiger partial charge in [0.25, 0.3) is 0 Å². The van der Waals surface area contributed by atoms with E-state index in [-0.39, 0.29) is 11.9 Å². The van der Waals surface area contributed by atoms with Crippen molar-refractivity contribution in [1.82, 2.24) is 10.6 Å². The van der Waals surface area contributed by atoms with E-state index in [1.165, 1.54) is 0 Å². The van der Waals surface area contributed by atoms with Gasteiger partial charge in [-0.3, -0.25) is 15.1 Å². The Bertz CT molecular complexity index is 223. The second kappa shape index (κ2) is 4.25. The summed E-state index contributed by atoms with van der Waals surface area (Å²) in [5.41, 5.74) is 0. The number of carbonyl (C=O) groups is 1. The van der Waals surface area contributed by atoms with E-state index >= 15 is 0 Å². The van der Waals surface area contributed by atoms with Gasteiger partial charge in [0, 0.05) is 6.54 Å². The highest BCUT2D eigenvalue weighted by Crippen LogP contribution is 2.05. The minimum absolute atomic E-state index is 0.0323. The van der Waals surface area contributed by atoms with Crippen LogP contribution in [0.3, 0.4) is 0 Å². The summed E-state index contributed by atoms with van der Waals surface area (Å²) in [5, 5.41) is 5.78. The summed E-state index contributed by atoms with van der Waals surface area (Å²) in [5.74, 6) is 0.963. The van der Waals surface area contributed by atoms with Crippen LogP contribution in [0.5, 0.6) is 0 Å². The SMILES string of the molecule is CCCN=C1NC(=O)C(C(C)C)N1. The highest BCUT2D eigenvalue weighted by atomic mass is 16.2. The highest BCUT2D eigenvalue weighted by molar-refractivity contribution is 6.06. The number of rotatable bonds is 3. The summed E-state index contributed by atoms with van der Waals surface area (Å²) < 4.78 is 0. The molecule has 0 spiro atoms.